The number of benzene rings is 2. The SMILES string of the molecule is CCn1nc(C)cc1C(=O)Nc1nc2cc(C(N)=O)cc(OCCCN3CCN(C(=O)OC(C)(C)C)CC3)c2n1C/C=C/Cn1c(NC(=O)c2cc(C)nn2CC2COC(C)(C)O2)nc2cc(C(N)=O)cc(OC)c21. The third kappa shape index (κ3) is 12.4. The van der Waals surface area contributed by atoms with Gasteiger partial charge in [0.15, 0.2) is 5.79 Å². The quantitative estimate of drug-likeness (QED) is 0.0623. The number of amides is 5. The first-order chi connectivity index (χ1) is 35.6. The standard InChI is InChI=1S/C51H66N14O10/c1-10-64-37(22-30(2)58-64)45(68)56-48-55-36-25-33(44(53)67)27-40(72-21-13-14-60-17-19-61(20-18-60)49(70)75-50(4,5)6)42(36)63(48)16-12-11-15-62-41-35(24-32(43(52)66)26-39(41)71-9)54-47(62)57-46(69)38-23-31(3)59-65(38)28-34-29-73-51(7,8)74-34/h11-12,22-27,34H,10,13-21,28-29H2,1-9H3,(H2,52,66)(H2,53,67)(H,54,57,69)(H,55,56,68)/b12-11+. The molecule has 2 saturated heterocycles. The van der Waals surface area contributed by atoms with Gasteiger partial charge in [0.2, 0.25) is 23.7 Å². The average Bonchev–Trinajstić information content (AvgIpc) is 4.17. The Kier molecular flexibility index (Phi) is 15.6. The van der Waals surface area contributed by atoms with E-state index in [1.165, 1.54) is 19.2 Å². The van der Waals surface area contributed by atoms with Gasteiger partial charge in [0.05, 0.1) is 49.3 Å². The van der Waals surface area contributed by atoms with E-state index in [-0.39, 0.29) is 72.9 Å². The number of primary amides is 2. The molecule has 5 amide bonds. The summed E-state index contributed by atoms with van der Waals surface area (Å²) < 4.78 is 36.2. The van der Waals surface area contributed by atoms with Crippen molar-refractivity contribution in [2.75, 3.05) is 63.7 Å². The van der Waals surface area contributed by atoms with Crippen LogP contribution in [0.4, 0.5) is 16.7 Å². The van der Waals surface area contributed by atoms with E-state index in [4.69, 9.17) is 45.1 Å². The van der Waals surface area contributed by atoms with E-state index in [9.17, 15) is 24.0 Å². The van der Waals surface area contributed by atoms with Crippen LogP contribution in [-0.2, 0) is 40.4 Å². The lowest BCUT2D eigenvalue weighted by Gasteiger charge is -2.35. The van der Waals surface area contributed by atoms with Gasteiger partial charge >= 0.3 is 6.09 Å². The molecule has 1 atom stereocenters. The van der Waals surface area contributed by atoms with Crippen LogP contribution in [0.3, 0.4) is 0 Å². The number of fused-ring (bicyclic) bond motifs is 2. The summed E-state index contributed by atoms with van der Waals surface area (Å²) in [5, 5.41) is 14.9. The van der Waals surface area contributed by atoms with Gasteiger partial charge in [-0.15, -0.1) is 0 Å². The van der Waals surface area contributed by atoms with Crippen LogP contribution in [0, 0.1) is 13.8 Å². The average molecular weight is 1040 g/mol. The Labute approximate surface area is 433 Å². The van der Waals surface area contributed by atoms with Gasteiger partial charge in [-0.1, -0.05) is 12.2 Å². The van der Waals surface area contributed by atoms with Crippen molar-refractivity contribution in [3.05, 3.63) is 82.5 Å². The van der Waals surface area contributed by atoms with Crippen molar-refractivity contribution in [2.45, 2.75) is 105 Å². The van der Waals surface area contributed by atoms with Crippen LogP contribution in [0.15, 0.2) is 48.6 Å². The lowest BCUT2D eigenvalue weighted by Crippen LogP contribution is -2.50. The van der Waals surface area contributed by atoms with Gasteiger partial charge in [-0.25, -0.2) is 14.8 Å². The van der Waals surface area contributed by atoms with E-state index in [2.05, 4.69) is 25.7 Å². The zero-order chi connectivity index (χ0) is 53.9. The van der Waals surface area contributed by atoms with Crippen LogP contribution >= 0.6 is 0 Å². The third-order valence-electron chi connectivity index (χ3n) is 12.5. The maximum atomic E-state index is 14.2. The summed E-state index contributed by atoms with van der Waals surface area (Å²) in [4.78, 5) is 79.5. The number of piperazine rings is 1. The molecular weight excluding hydrogens is 969 g/mol. The van der Waals surface area contributed by atoms with Gasteiger partial charge in [-0.05, 0) is 98.2 Å². The number of aryl methyl sites for hydroxylation is 3. The molecule has 0 spiro atoms. The van der Waals surface area contributed by atoms with E-state index in [0.717, 1.165) is 0 Å². The van der Waals surface area contributed by atoms with Crippen molar-refractivity contribution in [3.8, 4) is 11.5 Å². The van der Waals surface area contributed by atoms with Crippen molar-refractivity contribution in [3.63, 3.8) is 0 Å². The van der Waals surface area contributed by atoms with Crippen LogP contribution in [-0.4, -0.2) is 149 Å². The number of hydrogen-bond acceptors (Lipinski definition) is 15. The Balaban J connectivity index is 1.09. The van der Waals surface area contributed by atoms with Crippen LogP contribution in [0.25, 0.3) is 22.1 Å². The molecule has 0 bridgehead atoms. The Morgan fingerprint density at radius 3 is 1.83 bits per heavy atom. The molecule has 2 aromatic carbocycles. The topological polar surface area (TPSA) is 285 Å². The van der Waals surface area contributed by atoms with Gasteiger partial charge < -0.3 is 49.2 Å². The number of allylic oxidation sites excluding steroid dienone is 2. The fraction of sp³-hybridized carbons (Fsp3) is 0.471. The first kappa shape index (κ1) is 53.5. The first-order valence-corrected chi connectivity index (χ1v) is 24.8. The van der Waals surface area contributed by atoms with Crippen LogP contribution in [0.5, 0.6) is 11.5 Å². The minimum atomic E-state index is -0.773. The largest absolute Gasteiger partial charge is 0.494 e. The molecule has 2 fully saturated rings. The Hall–Kier alpha value is -7.83. The highest BCUT2D eigenvalue weighted by Crippen LogP contribution is 2.34. The molecule has 4 aromatic heterocycles. The monoisotopic (exact) mass is 1030 g/mol. The lowest BCUT2D eigenvalue weighted by molar-refractivity contribution is -0.139. The minimum absolute atomic E-state index is 0.115. The van der Waals surface area contributed by atoms with Crippen LogP contribution < -0.4 is 31.6 Å². The summed E-state index contributed by atoms with van der Waals surface area (Å²) in [6.45, 7) is 19.2. The second-order valence-corrected chi connectivity index (χ2v) is 19.9. The highest BCUT2D eigenvalue weighted by Gasteiger charge is 2.34. The fourth-order valence-corrected chi connectivity index (χ4v) is 9.08. The molecule has 0 aliphatic carbocycles. The maximum absolute atomic E-state index is 14.2. The summed E-state index contributed by atoms with van der Waals surface area (Å²) >= 11 is 0. The molecule has 8 rings (SSSR count). The number of carbonyl (C=O) groups excluding carboxylic acids is 5. The lowest BCUT2D eigenvalue weighted by atomic mass is 10.1. The van der Waals surface area contributed by atoms with Gasteiger partial charge in [0.25, 0.3) is 11.8 Å². The van der Waals surface area contributed by atoms with Crippen LogP contribution in [0.1, 0.15) is 101 Å². The second-order valence-electron chi connectivity index (χ2n) is 19.9. The van der Waals surface area contributed by atoms with Crippen molar-refractivity contribution >= 4 is 63.7 Å². The number of imidazole rings is 2. The molecule has 6 N–H and O–H groups in total. The molecule has 75 heavy (non-hydrogen) atoms. The number of nitrogens with one attached hydrogen (secondary N) is 2. The number of nitrogens with zero attached hydrogens (tertiary/aromatic N) is 10. The summed E-state index contributed by atoms with van der Waals surface area (Å²) in [5.41, 5.74) is 14.8. The zero-order valence-corrected chi connectivity index (χ0v) is 43.9. The Morgan fingerprint density at radius 1 is 0.787 bits per heavy atom. The van der Waals surface area contributed by atoms with E-state index in [1.54, 1.807) is 61.5 Å². The Bertz CT molecular complexity index is 3170. The fourth-order valence-electron chi connectivity index (χ4n) is 9.08. The molecule has 2 aliphatic heterocycles. The maximum Gasteiger partial charge on any atom is 0.410 e. The van der Waals surface area contributed by atoms with Gasteiger partial charge in [-0.2, -0.15) is 10.2 Å². The van der Waals surface area contributed by atoms with E-state index in [1.807, 2.05) is 53.7 Å². The third-order valence-corrected chi connectivity index (χ3v) is 12.5. The smallest absolute Gasteiger partial charge is 0.410 e. The normalized spacial score (nSPS) is 16.0. The summed E-state index contributed by atoms with van der Waals surface area (Å²) in [6.07, 6.45) is 3.61. The molecule has 24 nitrogen and oxygen atoms in total. The summed E-state index contributed by atoms with van der Waals surface area (Å²) in [5.74, 6) is -2.23. The highest BCUT2D eigenvalue weighted by molar-refractivity contribution is 6.05. The molecule has 0 saturated carbocycles. The number of hydrogen-bond donors (Lipinski definition) is 4. The number of ether oxygens (including phenoxy) is 5. The van der Waals surface area contributed by atoms with Crippen molar-refractivity contribution in [1.82, 2.24) is 48.5 Å². The molecule has 6 aromatic rings. The molecular formula is C51H66N14O10. The summed E-state index contributed by atoms with van der Waals surface area (Å²) in [6, 6.07) is 9.50. The number of aromatic nitrogens is 8. The minimum Gasteiger partial charge on any atom is -0.494 e. The molecule has 6 heterocycles. The van der Waals surface area contributed by atoms with Gasteiger partial charge in [0, 0.05) is 63.5 Å². The van der Waals surface area contributed by atoms with Gasteiger partial charge in [-0.3, -0.25) is 44.1 Å². The van der Waals surface area contributed by atoms with E-state index < -0.39 is 35.0 Å². The predicted molar refractivity (Wildman–Crippen MR) is 277 cm³/mol. The predicted octanol–water partition coefficient (Wildman–Crippen LogP) is 4.86. The highest BCUT2D eigenvalue weighted by atomic mass is 16.7. The molecule has 2 aliphatic rings. The van der Waals surface area contributed by atoms with Crippen molar-refractivity contribution in [1.29, 1.82) is 0 Å². The van der Waals surface area contributed by atoms with E-state index >= 15 is 0 Å². The number of rotatable bonds is 19. The van der Waals surface area contributed by atoms with Crippen molar-refractivity contribution in [2.24, 2.45) is 11.5 Å². The molecule has 400 valence electrons. The molecule has 1 unspecified atom stereocenters. The zero-order valence-electron chi connectivity index (χ0n) is 43.9. The first-order valence-electron chi connectivity index (χ1n) is 24.8. The van der Waals surface area contributed by atoms with Crippen LogP contribution in [0.2, 0.25) is 0 Å². The number of carbonyl (C=O) groups is 5. The van der Waals surface area contributed by atoms with Crippen molar-refractivity contribution < 1.29 is 47.7 Å². The Morgan fingerprint density at radius 2 is 1.32 bits per heavy atom. The number of anilines is 2. The van der Waals surface area contributed by atoms with Gasteiger partial charge in [0.1, 0.15) is 45.6 Å². The molecule has 0 radical (unpaired) electrons. The summed E-state index contributed by atoms with van der Waals surface area (Å²) in [7, 11) is 1.45. The molecule has 24 heteroatoms. The number of methoxy groups -OCH3 is 1. The van der Waals surface area contributed by atoms with E-state index in [0.29, 0.717) is 97.2 Å². The second kappa shape index (κ2) is 21.9. The number of nitrogens with two attached hydrogens (primary N) is 2.